The van der Waals surface area contributed by atoms with Gasteiger partial charge in [0.2, 0.25) is 0 Å². The average Bonchev–Trinajstić information content (AvgIpc) is 2.47. The van der Waals surface area contributed by atoms with E-state index in [1.54, 1.807) is 48.5 Å². The highest BCUT2D eigenvalue weighted by Gasteiger charge is 2.18. The van der Waals surface area contributed by atoms with Gasteiger partial charge in [-0.3, -0.25) is 9.59 Å². The Bertz CT molecular complexity index is 539. The van der Waals surface area contributed by atoms with Crippen molar-refractivity contribution >= 4 is 45.5 Å². The third-order valence-electron chi connectivity index (χ3n) is 2.62. The molecule has 4 heteroatoms. The molecule has 0 aliphatic heterocycles. The van der Waals surface area contributed by atoms with Crippen LogP contribution in [0.3, 0.4) is 0 Å². The van der Waals surface area contributed by atoms with E-state index in [1.165, 1.54) is 0 Å². The minimum absolute atomic E-state index is 0. The minimum atomic E-state index is -0.329. The molecular formula is C16H14Br2O2. The summed E-state index contributed by atoms with van der Waals surface area (Å²) in [6, 6.07) is 17.4. The number of benzene rings is 2. The summed E-state index contributed by atoms with van der Waals surface area (Å²) in [5.41, 5.74) is 0.950. The lowest BCUT2D eigenvalue weighted by atomic mass is 9.97. The van der Waals surface area contributed by atoms with E-state index in [9.17, 15) is 9.59 Å². The van der Waals surface area contributed by atoms with Crippen LogP contribution >= 0.6 is 34.0 Å². The summed E-state index contributed by atoms with van der Waals surface area (Å²) >= 11 is 0. The Hall–Kier alpha value is -1.52. The van der Waals surface area contributed by atoms with Gasteiger partial charge in [-0.2, -0.15) is 0 Å². The Kier molecular flexibility index (Phi) is 7.96. The summed E-state index contributed by atoms with van der Waals surface area (Å²) in [7, 11) is 0. The lowest BCUT2D eigenvalue weighted by molar-refractivity contribution is 0.0963. The first-order valence-electron chi connectivity index (χ1n) is 5.58. The first-order chi connectivity index (χ1) is 8.70. The molecule has 2 aromatic rings. The normalized spacial score (nSPS) is 8.80. The second-order valence-corrected chi connectivity index (χ2v) is 3.87. The summed E-state index contributed by atoms with van der Waals surface area (Å²) in [4.78, 5) is 24.1. The largest absolute Gasteiger partial charge is 0.288 e. The fraction of sp³-hybridized carbons (Fsp3) is 0. The second-order valence-electron chi connectivity index (χ2n) is 3.87. The summed E-state index contributed by atoms with van der Waals surface area (Å²) in [6.45, 7) is 3.61. The molecule has 0 fully saturated rings. The first-order valence-corrected chi connectivity index (χ1v) is 5.58. The van der Waals surface area contributed by atoms with Gasteiger partial charge in [-0.25, -0.2) is 0 Å². The van der Waals surface area contributed by atoms with Crippen molar-refractivity contribution in [3.05, 3.63) is 83.9 Å². The van der Waals surface area contributed by atoms with E-state index in [0.717, 1.165) is 0 Å². The van der Waals surface area contributed by atoms with E-state index in [4.69, 9.17) is 0 Å². The first kappa shape index (κ1) is 18.5. The maximum Gasteiger partial charge on any atom is 0.196 e. The Morgan fingerprint density at radius 1 is 0.650 bits per heavy atom. The number of hydrogen-bond donors (Lipinski definition) is 0. The number of hydrogen-bond acceptors (Lipinski definition) is 2. The highest BCUT2D eigenvalue weighted by molar-refractivity contribution is 8.93. The van der Waals surface area contributed by atoms with Crippen LogP contribution in [-0.2, 0) is 0 Å². The standard InChI is InChI=1S/C16H12O2.2BrH/c1-12(15(17)13-8-4-2-5-9-13)16(18)14-10-6-3-7-11-14;;/h2-11H,1H2;2*1H. The fourth-order valence-electron chi connectivity index (χ4n) is 1.63. The van der Waals surface area contributed by atoms with Gasteiger partial charge in [0, 0.05) is 11.1 Å². The molecule has 0 unspecified atom stereocenters. The van der Waals surface area contributed by atoms with Gasteiger partial charge in [-0.05, 0) is 0 Å². The van der Waals surface area contributed by atoms with Gasteiger partial charge in [-0.15, -0.1) is 34.0 Å². The average molecular weight is 398 g/mol. The van der Waals surface area contributed by atoms with E-state index in [1.807, 2.05) is 12.1 Å². The quantitative estimate of drug-likeness (QED) is 0.330. The molecule has 0 aliphatic carbocycles. The molecule has 20 heavy (non-hydrogen) atoms. The van der Waals surface area contributed by atoms with Crippen molar-refractivity contribution in [2.75, 3.05) is 0 Å². The Morgan fingerprint density at radius 3 is 1.25 bits per heavy atom. The van der Waals surface area contributed by atoms with Crippen molar-refractivity contribution in [3.8, 4) is 0 Å². The summed E-state index contributed by atoms with van der Waals surface area (Å²) in [5, 5.41) is 0. The molecule has 0 amide bonds. The topological polar surface area (TPSA) is 34.1 Å². The van der Waals surface area contributed by atoms with Crippen molar-refractivity contribution in [2.45, 2.75) is 0 Å². The highest BCUT2D eigenvalue weighted by atomic mass is 79.9. The van der Waals surface area contributed by atoms with E-state index < -0.39 is 0 Å². The summed E-state index contributed by atoms with van der Waals surface area (Å²) in [6.07, 6.45) is 0. The van der Waals surface area contributed by atoms with Crippen LogP contribution in [0.4, 0.5) is 0 Å². The molecule has 0 spiro atoms. The van der Waals surface area contributed by atoms with Crippen LogP contribution in [0.1, 0.15) is 20.7 Å². The lowest BCUT2D eigenvalue weighted by Crippen LogP contribution is -2.12. The zero-order valence-electron chi connectivity index (χ0n) is 10.6. The van der Waals surface area contributed by atoms with Crippen LogP contribution in [0.25, 0.3) is 0 Å². The molecule has 2 nitrogen and oxygen atoms in total. The van der Waals surface area contributed by atoms with Gasteiger partial charge in [0.1, 0.15) is 0 Å². The summed E-state index contributed by atoms with van der Waals surface area (Å²) < 4.78 is 0. The van der Waals surface area contributed by atoms with E-state index in [0.29, 0.717) is 11.1 Å². The van der Waals surface area contributed by atoms with Gasteiger partial charge in [0.05, 0.1) is 5.57 Å². The number of ketones is 2. The molecule has 2 aromatic carbocycles. The molecule has 0 atom stereocenters. The van der Waals surface area contributed by atoms with Crippen LogP contribution < -0.4 is 0 Å². The number of rotatable bonds is 4. The maximum absolute atomic E-state index is 12.0. The lowest BCUT2D eigenvalue weighted by Gasteiger charge is -2.04. The van der Waals surface area contributed by atoms with Crippen molar-refractivity contribution in [1.82, 2.24) is 0 Å². The molecule has 0 bridgehead atoms. The number of carbonyl (C=O) groups excluding carboxylic acids is 2. The predicted octanol–water partition coefficient (Wildman–Crippen LogP) is 4.46. The van der Waals surface area contributed by atoms with Crippen LogP contribution in [-0.4, -0.2) is 11.6 Å². The number of halogens is 2. The zero-order valence-corrected chi connectivity index (χ0v) is 14.0. The zero-order chi connectivity index (χ0) is 13.0. The molecule has 0 saturated heterocycles. The second kappa shape index (κ2) is 8.61. The van der Waals surface area contributed by atoms with Gasteiger partial charge in [0.25, 0.3) is 0 Å². The van der Waals surface area contributed by atoms with E-state index in [2.05, 4.69) is 6.58 Å². The molecule has 0 saturated carbocycles. The molecule has 0 aliphatic rings. The molecular weight excluding hydrogens is 384 g/mol. The Balaban J connectivity index is 0.00000180. The van der Waals surface area contributed by atoms with E-state index >= 15 is 0 Å². The third-order valence-corrected chi connectivity index (χ3v) is 2.62. The molecule has 0 aromatic heterocycles. The van der Waals surface area contributed by atoms with Crippen molar-refractivity contribution in [1.29, 1.82) is 0 Å². The number of allylic oxidation sites excluding steroid dienone is 1. The number of Topliss-reactive ketones (excluding diaryl/α,β-unsaturated/α-hetero) is 2. The van der Waals surface area contributed by atoms with Crippen molar-refractivity contribution in [2.24, 2.45) is 0 Å². The van der Waals surface area contributed by atoms with E-state index in [-0.39, 0.29) is 51.1 Å². The van der Waals surface area contributed by atoms with Crippen LogP contribution in [0.15, 0.2) is 72.8 Å². The molecule has 0 heterocycles. The Morgan fingerprint density at radius 2 is 0.950 bits per heavy atom. The van der Waals surface area contributed by atoms with Gasteiger partial charge in [-0.1, -0.05) is 67.2 Å². The smallest absolute Gasteiger partial charge is 0.196 e. The molecule has 2 rings (SSSR count). The maximum atomic E-state index is 12.0. The van der Waals surface area contributed by atoms with Gasteiger partial charge >= 0.3 is 0 Å². The van der Waals surface area contributed by atoms with Crippen molar-refractivity contribution in [3.63, 3.8) is 0 Å². The van der Waals surface area contributed by atoms with Crippen molar-refractivity contribution < 1.29 is 9.59 Å². The molecule has 104 valence electrons. The molecule has 0 N–H and O–H groups in total. The summed E-state index contributed by atoms with van der Waals surface area (Å²) in [5.74, 6) is -0.658. The molecule has 0 radical (unpaired) electrons. The monoisotopic (exact) mass is 396 g/mol. The van der Waals surface area contributed by atoms with Crippen LogP contribution in [0.2, 0.25) is 0 Å². The highest BCUT2D eigenvalue weighted by Crippen LogP contribution is 2.12. The SMILES string of the molecule is Br.Br.C=C(C(=O)c1ccccc1)C(=O)c1ccccc1. The Labute approximate surface area is 139 Å². The fourth-order valence-corrected chi connectivity index (χ4v) is 1.63. The minimum Gasteiger partial charge on any atom is -0.288 e. The third kappa shape index (κ3) is 4.25. The van der Waals surface area contributed by atoms with Gasteiger partial charge < -0.3 is 0 Å². The number of carbonyl (C=O) groups is 2. The van der Waals surface area contributed by atoms with Crippen LogP contribution in [0.5, 0.6) is 0 Å². The predicted molar refractivity (Wildman–Crippen MR) is 91.3 cm³/mol. The van der Waals surface area contributed by atoms with Crippen LogP contribution in [0, 0.1) is 0 Å². The van der Waals surface area contributed by atoms with Gasteiger partial charge in [0.15, 0.2) is 11.6 Å².